The number of hydrogen-bond acceptors (Lipinski definition) is 5. The lowest BCUT2D eigenvalue weighted by atomic mass is 10.0. The van der Waals surface area contributed by atoms with Crippen molar-refractivity contribution in [3.63, 3.8) is 0 Å². The molecule has 0 fully saturated rings. The molecule has 0 aliphatic heterocycles. The molecular formula is C23H18FN5O. The molecule has 5 aromatic rings. The molecule has 0 spiro atoms. The van der Waals surface area contributed by atoms with Crippen LogP contribution in [0.4, 0.5) is 10.4 Å². The monoisotopic (exact) mass is 399 g/mol. The second kappa shape index (κ2) is 7.44. The van der Waals surface area contributed by atoms with Crippen molar-refractivity contribution in [3.8, 4) is 22.6 Å². The van der Waals surface area contributed by atoms with Gasteiger partial charge >= 0.3 is 6.01 Å². The van der Waals surface area contributed by atoms with Crippen molar-refractivity contribution >= 4 is 11.7 Å². The van der Waals surface area contributed by atoms with Crippen LogP contribution in [0.25, 0.3) is 28.2 Å². The smallest absolute Gasteiger partial charge is 0.318 e. The van der Waals surface area contributed by atoms with Crippen LogP contribution in [0.5, 0.6) is 0 Å². The third-order valence-corrected chi connectivity index (χ3v) is 4.93. The Morgan fingerprint density at radius 1 is 0.967 bits per heavy atom. The van der Waals surface area contributed by atoms with Gasteiger partial charge in [-0.05, 0) is 35.4 Å². The van der Waals surface area contributed by atoms with Gasteiger partial charge in [-0.3, -0.25) is 0 Å². The molecule has 6 nitrogen and oxygen atoms in total. The maximum atomic E-state index is 14.0. The minimum absolute atomic E-state index is 0.249. The summed E-state index contributed by atoms with van der Waals surface area (Å²) in [5, 5.41) is 8.33. The van der Waals surface area contributed by atoms with E-state index in [1.54, 1.807) is 18.3 Å². The van der Waals surface area contributed by atoms with Crippen molar-refractivity contribution in [2.75, 3.05) is 11.9 Å². The molecule has 0 N–H and O–H groups in total. The highest BCUT2D eigenvalue weighted by Gasteiger charge is 2.14. The van der Waals surface area contributed by atoms with Crippen LogP contribution in [0.15, 0.2) is 83.7 Å². The van der Waals surface area contributed by atoms with Crippen molar-refractivity contribution in [2.24, 2.45) is 0 Å². The molecule has 5 rings (SSSR count). The van der Waals surface area contributed by atoms with E-state index in [-0.39, 0.29) is 5.82 Å². The Balaban J connectivity index is 1.33. The highest BCUT2D eigenvalue weighted by atomic mass is 19.1. The SMILES string of the molecule is CN(Cc1ccc2nccn2c1)c1nnc(-c2ccc(-c3ccccc3F)cc2)o1. The fraction of sp³-hybridized carbons (Fsp3) is 0.0870. The van der Waals surface area contributed by atoms with E-state index < -0.39 is 0 Å². The van der Waals surface area contributed by atoms with Gasteiger partial charge in [0.25, 0.3) is 0 Å². The highest BCUT2D eigenvalue weighted by molar-refractivity contribution is 5.67. The van der Waals surface area contributed by atoms with E-state index in [9.17, 15) is 4.39 Å². The molecule has 3 aromatic heterocycles. The lowest BCUT2D eigenvalue weighted by molar-refractivity contribution is 0.554. The second-order valence-corrected chi connectivity index (χ2v) is 7.03. The number of halogens is 1. The summed E-state index contributed by atoms with van der Waals surface area (Å²) in [5.41, 5.74) is 4.13. The van der Waals surface area contributed by atoms with Crippen molar-refractivity contribution in [2.45, 2.75) is 6.54 Å². The average molecular weight is 399 g/mol. The largest absolute Gasteiger partial charge is 0.403 e. The number of imidazole rings is 1. The van der Waals surface area contributed by atoms with Gasteiger partial charge in [0.2, 0.25) is 5.89 Å². The molecule has 0 atom stereocenters. The van der Waals surface area contributed by atoms with E-state index in [0.717, 1.165) is 22.3 Å². The summed E-state index contributed by atoms with van der Waals surface area (Å²) in [7, 11) is 1.90. The summed E-state index contributed by atoms with van der Waals surface area (Å²) < 4.78 is 21.8. The number of nitrogens with zero attached hydrogens (tertiary/aromatic N) is 5. The molecule has 148 valence electrons. The van der Waals surface area contributed by atoms with Gasteiger partial charge in [0.15, 0.2) is 0 Å². The van der Waals surface area contributed by atoms with Crippen molar-refractivity contribution in [1.82, 2.24) is 19.6 Å². The standard InChI is InChI=1S/C23H18FN5O/c1-28(14-16-6-11-21-25-12-13-29(21)15-16)23-27-26-22(30-23)18-9-7-17(8-10-18)19-4-2-3-5-20(19)24/h2-13,15H,14H2,1H3. The van der Waals surface area contributed by atoms with Crippen LogP contribution in [0.1, 0.15) is 5.56 Å². The molecule has 30 heavy (non-hydrogen) atoms. The van der Waals surface area contributed by atoms with Crippen molar-refractivity contribution < 1.29 is 8.81 Å². The van der Waals surface area contributed by atoms with Gasteiger partial charge < -0.3 is 13.7 Å². The van der Waals surface area contributed by atoms with Gasteiger partial charge in [0, 0.05) is 43.3 Å². The molecule has 3 heterocycles. The predicted octanol–water partition coefficient (Wildman–Crippen LogP) is 4.83. The third-order valence-electron chi connectivity index (χ3n) is 4.93. The average Bonchev–Trinajstić information content (AvgIpc) is 3.44. The molecule has 2 aromatic carbocycles. The molecule has 0 amide bonds. The Hall–Kier alpha value is -4.00. The topological polar surface area (TPSA) is 59.5 Å². The van der Waals surface area contributed by atoms with Crippen LogP contribution < -0.4 is 4.90 Å². The molecule has 0 saturated heterocycles. The van der Waals surface area contributed by atoms with Gasteiger partial charge in [-0.15, -0.1) is 5.10 Å². The molecule has 7 heteroatoms. The van der Waals surface area contributed by atoms with E-state index in [4.69, 9.17) is 4.42 Å². The minimum Gasteiger partial charge on any atom is -0.403 e. The molecule has 0 unspecified atom stereocenters. The number of benzene rings is 2. The third kappa shape index (κ3) is 3.41. The zero-order valence-electron chi connectivity index (χ0n) is 16.2. The quantitative estimate of drug-likeness (QED) is 0.424. The normalized spacial score (nSPS) is 11.1. The van der Waals surface area contributed by atoms with Crippen LogP contribution in [0.2, 0.25) is 0 Å². The zero-order valence-corrected chi connectivity index (χ0v) is 16.2. The molecule has 0 aliphatic carbocycles. The van der Waals surface area contributed by atoms with Gasteiger partial charge in [0.1, 0.15) is 11.5 Å². The van der Waals surface area contributed by atoms with Crippen molar-refractivity contribution in [1.29, 1.82) is 0 Å². The molecule has 0 saturated carbocycles. The Morgan fingerprint density at radius 2 is 1.77 bits per heavy atom. The first-order valence-corrected chi connectivity index (χ1v) is 9.49. The Labute approximate surface area is 172 Å². The number of rotatable bonds is 5. The Morgan fingerprint density at radius 3 is 2.60 bits per heavy atom. The van der Waals surface area contributed by atoms with Gasteiger partial charge in [-0.1, -0.05) is 41.5 Å². The van der Waals surface area contributed by atoms with Gasteiger partial charge in [0.05, 0.1) is 0 Å². The zero-order chi connectivity index (χ0) is 20.5. The number of aromatic nitrogens is 4. The molecule has 0 radical (unpaired) electrons. The predicted molar refractivity (Wildman–Crippen MR) is 112 cm³/mol. The highest BCUT2D eigenvalue weighted by Crippen LogP contribution is 2.27. The first-order valence-electron chi connectivity index (χ1n) is 9.49. The van der Waals surface area contributed by atoms with Crippen LogP contribution >= 0.6 is 0 Å². The summed E-state index contributed by atoms with van der Waals surface area (Å²) in [6, 6.07) is 18.5. The van der Waals surface area contributed by atoms with E-state index in [0.29, 0.717) is 24.0 Å². The summed E-state index contributed by atoms with van der Waals surface area (Å²) >= 11 is 0. The van der Waals surface area contributed by atoms with Crippen LogP contribution in [0.3, 0.4) is 0 Å². The lowest BCUT2D eigenvalue weighted by Crippen LogP contribution is -2.17. The fourth-order valence-corrected chi connectivity index (χ4v) is 3.38. The second-order valence-electron chi connectivity index (χ2n) is 7.03. The van der Waals surface area contributed by atoms with E-state index in [1.807, 2.05) is 71.2 Å². The van der Waals surface area contributed by atoms with E-state index >= 15 is 0 Å². The maximum Gasteiger partial charge on any atom is 0.318 e. The summed E-state index contributed by atoms with van der Waals surface area (Å²) in [6.07, 6.45) is 5.71. The molecule has 0 bridgehead atoms. The van der Waals surface area contributed by atoms with Gasteiger partial charge in [-0.25, -0.2) is 9.37 Å². The number of fused-ring (bicyclic) bond motifs is 1. The summed E-state index contributed by atoms with van der Waals surface area (Å²) in [6.45, 7) is 0.613. The number of pyridine rings is 1. The Bertz CT molecular complexity index is 1310. The van der Waals surface area contributed by atoms with Crippen LogP contribution in [-0.2, 0) is 6.54 Å². The fourth-order valence-electron chi connectivity index (χ4n) is 3.38. The summed E-state index contributed by atoms with van der Waals surface area (Å²) in [4.78, 5) is 6.14. The van der Waals surface area contributed by atoms with Crippen LogP contribution in [-0.4, -0.2) is 26.6 Å². The summed E-state index contributed by atoms with van der Waals surface area (Å²) in [5.74, 6) is 0.169. The van der Waals surface area contributed by atoms with E-state index in [1.165, 1.54) is 6.07 Å². The lowest BCUT2D eigenvalue weighted by Gasteiger charge is -2.13. The first kappa shape index (κ1) is 18.1. The molecular weight excluding hydrogens is 381 g/mol. The first-order chi connectivity index (χ1) is 14.7. The number of hydrogen-bond donors (Lipinski definition) is 0. The Kier molecular flexibility index (Phi) is 4.48. The van der Waals surface area contributed by atoms with Crippen LogP contribution in [0, 0.1) is 5.82 Å². The van der Waals surface area contributed by atoms with Crippen molar-refractivity contribution in [3.05, 3.63) is 90.6 Å². The van der Waals surface area contributed by atoms with E-state index in [2.05, 4.69) is 15.2 Å². The minimum atomic E-state index is -0.249. The molecule has 0 aliphatic rings. The number of anilines is 1. The maximum absolute atomic E-state index is 14.0. The van der Waals surface area contributed by atoms with Gasteiger partial charge in [-0.2, -0.15) is 0 Å².